The van der Waals surface area contributed by atoms with Crippen LogP contribution in [0.5, 0.6) is 11.5 Å². The van der Waals surface area contributed by atoms with Gasteiger partial charge in [0, 0.05) is 0 Å². The highest BCUT2D eigenvalue weighted by molar-refractivity contribution is 5.86. The Hall–Kier alpha value is -2.61. The lowest BCUT2D eigenvalue weighted by Gasteiger charge is -2.09. The van der Waals surface area contributed by atoms with Gasteiger partial charge in [0.15, 0.2) is 5.69 Å². The number of aromatic nitrogens is 3. The second-order valence-corrected chi connectivity index (χ2v) is 4.33. The smallest absolute Gasteiger partial charge is 0.358 e. The van der Waals surface area contributed by atoms with Crippen LogP contribution in [0.2, 0.25) is 0 Å². The SMILES string of the molecule is CCOc1ccc(OCc2c(C(=O)O)nnn2CCO)cc1. The van der Waals surface area contributed by atoms with E-state index in [4.69, 9.17) is 19.7 Å². The van der Waals surface area contributed by atoms with Crippen molar-refractivity contribution in [3.63, 3.8) is 0 Å². The fourth-order valence-electron chi connectivity index (χ4n) is 1.87. The summed E-state index contributed by atoms with van der Waals surface area (Å²) in [7, 11) is 0. The zero-order valence-electron chi connectivity index (χ0n) is 12.1. The van der Waals surface area contributed by atoms with E-state index in [2.05, 4.69) is 10.3 Å². The minimum atomic E-state index is -1.19. The predicted molar refractivity (Wildman–Crippen MR) is 76.0 cm³/mol. The van der Waals surface area contributed by atoms with E-state index in [0.29, 0.717) is 18.1 Å². The highest BCUT2D eigenvalue weighted by Gasteiger charge is 2.19. The van der Waals surface area contributed by atoms with E-state index in [1.807, 2.05) is 6.92 Å². The topological polar surface area (TPSA) is 107 Å². The molecule has 8 heteroatoms. The fraction of sp³-hybridized carbons (Fsp3) is 0.357. The van der Waals surface area contributed by atoms with Crippen molar-refractivity contribution in [2.45, 2.75) is 20.1 Å². The summed E-state index contributed by atoms with van der Waals surface area (Å²) in [5.41, 5.74) is 0.120. The maximum atomic E-state index is 11.1. The molecule has 8 nitrogen and oxygen atoms in total. The van der Waals surface area contributed by atoms with Crippen molar-refractivity contribution >= 4 is 5.97 Å². The molecule has 0 atom stereocenters. The number of nitrogens with zero attached hydrogens (tertiary/aromatic N) is 3. The summed E-state index contributed by atoms with van der Waals surface area (Å²) in [5.74, 6) is 0.110. The van der Waals surface area contributed by atoms with Crippen LogP contribution in [0.1, 0.15) is 23.1 Å². The van der Waals surface area contributed by atoms with Crippen molar-refractivity contribution in [2.24, 2.45) is 0 Å². The van der Waals surface area contributed by atoms with Crippen LogP contribution in [0.25, 0.3) is 0 Å². The Labute approximate surface area is 126 Å². The quantitative estimate of drug-likeness (QED) is 0.747. The summed E-state index contributed by atoms with van der Waals surface area (Å²) in [6.07, 6.45) is 0. The van der Waals surface area contributed by atoms with Crippen LogP contribution in [-0.2, 0) is 13.2 Å². The second kappa shape index (κ2) is 7.41. The Kier molecular flexibility index (Phi) is 5.31. The zero-order chi connectivity index (χ0) is 15.9. The number of aliphatic hydroxyl groups excluding tert-OH is 1. The number of benzene rings is 1. The van der Waals surface area contributed by atoms with Crippen molar-refractivity contribution in [3.05, 3.63) is 35.7 Å². The standard InChI is InChI=1S/C14H17N3O5/c1-2-21-10-3-5-11(6-4-10)22-9-12-13(14(19)20)15-16-17(12)7-8-18/h3-6,18H,2,7-9H2,1H3,(H,19,20). The molecule has 1 aromatic heterocycles. The van der Waals surface area contributed by atoms with Crippen LogP contribution in [0.15, 0.2) is 24.3 Å². The van der Waals surface area contributed by atoms with Crippen LogP contribution >= 0.6 is 0 Å². The lowest BCUT2D eigenvalue weighted by Crippen LogP contribution is -2.13. The van der Waals surface area contributed by atoms with E-state index in [1.54, 1.807) is 24.3 Å². The average molecular weight is 307 g/mol. The molecular formula is C14H17N3O5. The van der Waals surface area contributed by atoms with Gasteiger partial charge in [0.2, 0.25) is 0 Å². The number of ether oxygens (including phenoxy) is 2. The molecule has 118 valence electrons. The first-order valence-electron chi connectivity index (χ1n) is 6.78. The van der Waals surface area contributed by atoms with Crippen LogP contribution in [-0.4, -0.2) is 44.4 Å². The fourth-order valence-corrected chi connectivity index (χ4v) is 1.87. The summed E-state index contributed by atoms with van der Waals surface area (Å²) in [5, 5.41) is 25.3. The van der Waals surface area contributed by atoms with Gasteiger partial charge in [0.05, 0.1) is 19.8 Å². The molecule has 0 aliphatic rings. The number of hydrogen-bond donors (Lipinski definition) is 2. The molecule has 22 heavy (non-hydrogen) atoms. The molecule has 0 aliphatic heterocycles. The molecule has 1 aromatic carbocycles. The maximum absolute atomic E-state index is 11.1. The minimum absolute atomic E-state index is 0.0113. The van der Waals surface area contributed by atoms with Gasteiger partial charge < -0.3 is 19.7 Å². The van der Waals surface area contributed by atoms with E-state index in [-0.39, 0.29) is 25.5 Å². The Morgan fingerprint density at radius 3 is 2.41 bits per heavy atom. The minimum Gasteiger partial charge on any atom is -0.494 e. The van der Waals surface area contributed by atoms with E-state index in [1.165, 1.54) is 4.68 Å². The third-order valence-electron chi connectivity index (χ3n) is 2.86. The van der Waals surface area contributed by atoms with E-state index < -0.39 is 5.97 Å². The molecule has 0 radical (unpaired) electrons. The average Bonchev–Trinajstić information content (AvgIpc) is 2.90. The van der Waals surface area contributed by atoms with Crippen LogP contribution in [0.4, 0.5) is 0 Å². The first-order chi connectivity index (χ1) is 10.7. The normalized spacial score (nSPS) is 10.5. The van der Waals surface area contributed by atoms with Crippen molar-refractivity contribution in [3.8, 4) is 11.5 Å². The van der Waals surface area contributed by atoms with Crippen LogP contribution in [0, 0.1) is 0 Å². The van der Waals surface area contributed by atoms with Gasteiger partial charge in [-0.2, -0.15) is 0 Å². The molecule has 0 saturated carbocycles. The number of rotatable bonds is 8. The Morgan fingerprint density at radius 1 is 1.23 bits per heavy atom. The number of carboxylic acids is 1. The summed E-state index contributed by atoms with van der Waals surface area (Å²) in [4.78, 5) is 11.1. The summed E-state index contributed by atoms with van der Waals surface area (Å²) in [6.45, 7) is 2.45. The van der Waals surface area contributed by atoms with Crippen molar-refractivity contribution in [2.75, 3.05) is 13.2 Å². The number of carboxylic acid groups (broad SMARTS) is 1. The molecule has 2 aromatic rings. The molecule has 0 aliphatic carbocycles. The molecule has 2 rings (SSSR count). The molecule has 0 unspecified atom stereocenters. The van der Waals surface area contributed by atoms with Crippen molar-refractivity contribution in [1.82, 2.24) is 15.0 Å². The third kappa shape index (κ3) is 3.73. The van der Waals surface area contributed by atoms with Gasteiger partial charge in [-0.1, -0.05) is 5.21 Å². The van der Waals surface area contributed by atoms with E-state index in [0.717, 1.165) is 5.75 Å². The van der Waals surface area contributed by atoms with Crippen molar-refractivity contribution in [1.29, 1.82) is 0 Å². The van der Waals surface area contributed by atoms with Gasteiger partial charge in [-0.3, -0.25) is 0 Å². The number of aliphatic hydroxyl groups is 1. The first-order valence-corrected chi connectivity index (χ1v) is 6.78. The monoisotopic (exact) mass is 307 g/mol. The second-order valence-electron chi connectivity index (χ2n) is 4.33. The lowest BCUT2D eigenvalue weighted by atomic mass is 10.3. The Balaban J connectivity index is 2.09. The Bertz CT molecular complexity index is 624. The molecule has 1 heterocycles. The zero-order valence-corrected chi connectivity index (χ0v) is 12.1. The number of hydrogen-bond acceptors (Lipinski definition) is 6. The van der Waals surface area contributed by atoms with Crippen LogP contribution in [0.3, 0.4) is 0 Å². The van der Waals surface area contributed by atoms with E-state index in [9.17, 15) is 4.79 Å². The summed E-state index contributed by atoms with van der Waals surface area (Å²) in [6, 6.07) is 6.98. The van der Waals surface area contributed by atoms with Gasteiger partial charge in [-0.25, -0.2) is 9.48 Å². The molecular weight excluding hydrogens is 290 g/mol. The molecule has 0 spiro atoms. The summed E-state index contributed by atoms with van der Waals surface area (Å²) < 4.78 is 12.2. The van der Waals surface area contributed by atoms with Gasteiger partial charge in [0.1, 0.15) is 23.8 Å². The molecule has 0 amide bonds. The van der Waals surface area contributed by atoms with Gasteiger partial charge in [0.25, 0.3) is 0 Å². The predicted octanol–water partition coefficient (Wildman–Crippen LogP) is 0.946. The van der Waals surface area contributed by atoms with Gasteiger partial charge >= 0.3 is 5.97 Å². The van der Waals surface area contributed by atoms with E-state index >= 15 is 0 Å². The Morgan fingerprint density at radius 2 is 1.86 bits per heavy atom. The van der Waals surface area contributed by atoms with Crippen LogP contribution < -0.4 is 9.47 Å². The maximum Gasteiger partial charge on any atom is 0.358 e. The van der Waals surface area contributed by atoms with Gasteiger partial charge in [-0.15, -0.1) is 5.10 Å². The molecule has 0 fully saturated rings. The van der Waals surface area contributed by atoms with Crippen molar-refractivity contribution < 1.29 is 24.5 Å². The molecule has 2 N–H and O–H groups in total. The highest BCUT2D eigenvalue weighted by Crippen LogP contribution is 2.19. The lowest BCUT2D eigenvalue weighted by molar-refractivity contribution is 0.0687. The molecule has 0 saturated heterocycles. The molecule has 0 bridgehead atoms. The first kappa shape index (κ1) is 15.8. The number of aromatic carboxylic acids is 1. The number of carbonyl (C=O) groups is 1. The summed E-state index contributed by atoms with van der Waals surface area (Å²) >= 11 is 0. The third-order valence-corrected chi connectivity index (χ3v) is 2.86. The van der Waals surface area contributed by atoms with Gasteiger partial charge in [-0.05, 0) is 31.2 Å². The largest absolute Gasteiger partial charge is 0.494 e. The highest BCUT2D eigenvalue weighted by atomic mass is 16.5.